The second-order valence-corrected chi connectivity index (χ2v) is 9.41. The van der Waals surface area contributed by atoms with Gasteiger partial charge in [0.25, 0.3) is 0 Å². The Kier molecular flexibility index (Phi) is 5.51. The number of likely N-dealkylation sites (tertiary alicyclic amines) is 1. The Labute approximate surface area is 188 Å². The van der Waals surface area contributed by atoms with Crippen LogP contribution in [0.25, 0.3) is 22.2 Å². The first kappa shape index (κ1) is 20.8. The Morgan fingerprint density at radius 1 is 1.12 bits per heavy atom. The Morgan fingerprint density at radius 2 is 1.94 bits per heavy atom. The van der Waals surface area contributed by atoms with Gasteiger partial charge in [0, 0.05) is 28.4 Å². The number of pyridine rings is 1. The summed E-state index contributed by atoms with van der Waals surface area (Å²) in [6, 6.07) is 9.23. The van der Waals surface area contributed by atoms with Gasteiger partial charge in [-0.2, -0.15) is 0 Å². The quantitative estimate of drug-likeness (QED) is 0.473. The molecule has 3 aromatic heterocycles. The first-order valence-corrected chi connectivity index (χ1v) is 11.5. The fourth-order valence-electron chi connectivity index (χ4n) is 5.08. The lowest BCUT2D eigenvalue weighted by Crippen LogP contribution is -2.32. The van der Waals surface area contributed by atoms with Gasteiger partial charge in [-0.25, -0.2) is 5.10 Å². The largest absolute Gasteiger partial charge is 0.354 e. The number of aryl methyl sites for hydroxylation is 2. The summed E-state index contributed by atoms with van der Waals surface area (Å²) in [5.41, 5.74) is 8.84. The maximum atomic E-state index is 4.47. The van der Waals surface area contributed by atoms with Crippen molar-refractivity contribution < 1.29 is 0 Å². The standard InChI is InChI=1S/C25H31N7/c1-15(2)24-21-12-19(18-7-9-32(10-8-18)14-23-28-30-31-29-23)5-6-22(21)27-25(24)20-11-17(4)26-13-16(20)3/h5-6,11-13,15,18,27H,7-10,14H2,1-4H3,(H,28,29,30,31). The number of nitrogens with zero attached hydrogens (tertiary/aromatic N) is 5. The zero-order chi connectivity index (χ0) is 22.2. The highest BCUT2D eigenvalue weighted by atomic mass is 15.5. The van der Waals surface area contributed by atoms with Crippen molar-refractivity contribution in [2.24, 2.45) is 0 Å². The van der Waals surface area contributed by atoms with Gasteiger partial charge in [0.15, 0.2) is 5.82 Å². The molecule has 0 spiro atoms. The molecule has 1 saturated heterocycles. The van der Waals surface area contributed by atoms with Crippen molar-refractivity contribution in [1.29, 1.82) is 0 Å². The summed E-state index contributed by atoms with van der Waals surface area (Å²) >= 11 is 0. The molecule has 0 radical (unpaired) electrons. The number of piperidine rings is 1. The fraction of sp³-hybridized carbons (Fsp3) is 0.440. The normalized spacial score (nSPS) is 15.8. The first-order valence-electron chi connectivity index (χ1n) is 11.5. The van der Waals surface area contributed by atoms with E-state index in [9.17, 15) is 0 Å². The number of aromatic amines is 2. The van der Waals surface area contributed by atoms with Gasteiger partial charge in [-0.1, -0.05) is 19.9 Å². The van der Waals surface area contributed by atoms with Crippen LogP contribution in [0.1, 0.15) is 66.7 Å². The van der Waals surface area contributed by atoms with E-state index in [2.05, 4.69) is 87.5 Å². The summed E-state index contributed by atoms with van der Waals surface area (Å²) in [5, 5.41) is 15.6. The number of tetrazole rings is 1. The summed E-state index contributed by atoms with van der Waals surface area (Å²) in [4.78, 5) is 10.6. The van der Waals surface area contributed by atoms with Crippen molar-refractivity contribution in [3.8, 4) is 11.3 Å². The molecule has 0 saturated carbocycles. The monoisotopic (exact) mass is 429 g/mol. The smallest absolute Gasteiger partial charge is 0.162 e. The van der Waals surface area contributed by atoms with Gasteiger partial charge in [-0.05, 0) is 96.9 Å². The van der Waals surface area contributed by atoms with Crippen molar-refractivity contribution in [2.75, 3.05) is 13.1 Å². The minimum atomic E-state index is 0.430. The van der Waals surface area contributed by atoms with E-state index in [4.69, 9.17) is 0 Å². The minimum Gasteiger partial charge on any atom is -0.354 e. The number of H-pyrrole nitrogens is 2. The number of fused-ring (bicyclic) bond motifs is 1. The van der Waals surface area contributed by atoms with E-state index in [-0.39, 0.29) is 0 Å². The predicted molar refractivity (Wildman–Crippen MR) is 127 cm³/mol. The summed E-state index contributed by atoms with van der Waals surface area (Å²) in [5.74, 6) is 1.86. The predicted octanol–water partition coefficient (Wildman–Crippen LogP) is 4.86. The molecule has 0 bridgehead atoms. The average Bonchev–Trinajstić information content (AvgIpc) is 3.43. The maximum Gasteiger partial charge on any atom is 0.162 e. The van der Waals surface area contributed by atoms with Gasteiger partial charge in [-0.3, -0.25) is 9.88 Å². The number of rotatable bonds is 5. The van der Waals surface area contributed by atoms with Gasteiger partial charge in [-0.15, -0.1) is 5.10 Å². The summed E-state index contributed by atoms with van der Waals surface area (Å²) in [6.45, 7) is 11.7. The highest BCUT2D eigenvalue weighted by molar-refractivity contribution is 5.92. The van der Waals surface area contributed by atoms with E-state index in [1.807, 2.05) is 6.20 Å². The number of aromatic nitrogens is 6. The lowest BCUT2D eigenvalue weighted by atomic mass is 9.87. The van der Waals surface area contributed by atoms with Crippen molar-refractivity contribution >= 4 is 10.9 Å². The number of benzene rings is 1. The third kappa shape index (κ3) is 3.93. The van der Waals surface area contributed by atoms with Crippen LogP contribution in [0.4, 0.5) is 0 Å². The molecule has 1 aliphatic heterocycles. The van der Waals surface area contributed by atoms with E-state index in [0.717, 1.165) is 44.0 Å². The molecule has 4 heterocycles. The van der Waals surface area contributed by atoms with Crippen molar-refractivity contribution in [1.82, 2.24) is 35.5 Å². The van der Waals surface area contributed by atoms with Crippen LogP contribution >= 0.6 is 0 Å². The SMILES string of the molecule is Cc1cc(-c2[nH]c3ccc(C4CCN(Cc5nnn[nH]5)CC4)cc3c2C(C)C)c(C)cn1. The molecule has 0 aliphatic carbocycles. The molecule has 0 amide bonds. The molecule has 1 aromatic carbocycles. The summed E-state index contributed by atoms with van der Waals surface area (Å²) in [6.07, 6.45) is 4.29. The Bertz CT molecular complexity index is 1210. The second-order valence-electron chi connectivity index (χ2n) is 9.41. The van der Waals surface area contributed by atoms with E-state index >= 15 is 0 Å². The summed E-state index contributed by atoms with van der Waals surface area (Å²) < 4.78 is 0. The van der Waals surface area contributed by atoms with Gasteiger partial charge < -0.3 is 4.98 Å². The zero-order valence-electron chi connectivity index (χ0n) is 19.3. The van der Waals surface area contributed by atoms with Crippen molar-refractivity contribution in [3.05, 3.63) is 58.7 Å². The van der Waals surface area contributed by atoms with Gasteiger partial charge in [0.1, 0.15) is 0 Å². The van der Waals surface area contributed by atoms with E-state index in [1.165, 1.54) is 38.9 Å². The lowest BCUT2D eigenvalue weighted by Gasteiger charge is -2.31. The fourth-order valence-corrected chi connectivity index (χ4v) is 5.08. The van der Waals surface area contributed by atoms with E-state index in [1.54, 1.807) is 0 Å². The zero-order valence-corrected chi connectivity index (χ0v) is 19.3. The van der Waals surface area contributed by atoms with Gasteiger partial charge in [0.05, 0.1) is 12.2 Å². The van der Waals surface area contributed by atoms with Crippen molar-refractivity contribution in [2.45, 2.75) is 58.9 Å². The van der Waals surface area contributed by atoms with Gasteiger partial charge in [0.2, 0.25) is 0 Å². The Hall–Kier alpha value is -3.06. The van der Waals surface area contributed by atoms with E-state index < -0.39 is 0 Å². The molecule has 166 valence electrons. The third-order valence-electron chi connectivity index (χ3n) is 6.77. The molecule has 4 aromatic rings. The third-order valence-corrected chi connectivity index (χ3v) is 6.77. The molecule has 32 heavy (non-hydrogen) atoms. The van der Waals surface area contributed by atoms with Crippen LogP contribution < -0.4 is 0 Å². The van der Waals surface area contributed by atoms with Crippen LogP contribution in [-0.2, 0) is 6.54 Å². The number of hydrogen-bond donors (Lipinski definition) is 2. The molecule has 1 aliphatic rings. The Balaban J connectivity index is 1.44. The highest BCUT2D eigenvalue weighted by Crippen LogP contribution is 2.39. The van der Waals surface area contributed by atoms with Crippen LogP contribution in [0.5, 0.6) is 0 Å². The molecule has 2 N–H and O–H groups in total. The molecule has 0 unspecified atom stereocenters. The Morgan fingerprint density at radius 3 is 2.66 bits per heavy atom. The molecule has 0 atom stereocenters. The highest BCUT2D eigenvalue weighted by Gasteiger charge is 2.23. The number of nitrogens with one attached hydrogen (secondary N) is 2. The van der Waals surface area contributed by atoms with Crippen LogP contribution in [0.15, 0.2) is 30.5 Å². The maximum absolute atomic E-state index is 4.47. The minimum absolute atomic E-state index is 0.430. The average molecular weight is 430 g/mol. The molecule has 5 rings (SSSR count). The first-order chi connectivity index (χ1) is 15.5. The van der Waals surface area contributed by atoms with Crippen LogP contribution in [0.3, 0.4) is 0 Å². The van der Waals surface area contributed by atoms with Crippen molar-refractivity contribution in [3.63, 3.8) is 0 Å². The van der Waals surface area contributed by atoms with Crippen LogP contribution in [0, 0.1) is 13.8 Å². The molecule has 7 nitrogen and oxygen atoms in total. The molecular weight excluding hydrogens is 398 g/mol. The number of hydrogen-bond acceptors (Lipinski definition) is 5. The summed E-state index contributed by atoms with van der Waals surface area (Å²) in [7, 11) is 0. The van der Waals surface area contributed by atoms with Gasteiger partial charge >= 0.3 is 0 Å². The molecule has 1 fully saturated rings. The van der Waals surface area contributed by atoms with Crippen LogP contribution in [0.2, 0.25) is 0 Å². The van der Waals surface area contributed by atoms with Crippen LogP contribution in [-0.4, -0.2) is 48.6 Å². The second kappa shape index (κ2) is 8.47. The van der Waals surface area contributed by atoms with E-state index in [0.29, 0.717) is 11.8 Å². The molecular formula is C25H31N7. The topological polar surface area (TPSA) is 86.4 Å². The lowest BCUT2D eigenvalue weighted by molar-refractivity contribution is 0.200. The molecule has 7 heteroatoms.